The Kier molecular flexibility index (Phi) is 7.52. The fourth-order valence-corrected chi connectivity index (χ4v) is 4.09. The maximum Gasteiger partial charge on any atom is 0.225 e. The minimum atomic E-state index is -0.322. The van der Waals surface area contributed by atoms with Crippen LogP contribution in [0.5, 0.6) is 5.75 Å². The van der Waals surface area contributed by atoms with Crippen LogP contribution in [0, 0.1) is 11.7 Å². The van der Waals surface area contributed by atoms with E-state index in [0.717, 1.165) is 11.3 Å². The first-order chi connectivity index (χ1) is 14.1. The molecule has 7 heteroatoms. The maximum absolute atomic E-state index is 13.6. The van der Waals surface area contributed by atoms with E-state index in [-0.39, 0.29) is 30.0 Å². The molecule has 0 saturated carbocycles. The summed E-state index contributed by atoms with van der Waals surface area (Å²) in [5.41, 5.74) is 1.67. The van der Waals surface area contributed by atoms with Gasteiger partial charge in [0.15, 0.2) is 0 Å². The Morgan fingerprint density at radius 1 is 1.24 bits per heavy atom. The highest BCUT2D eigenvalue weighted by molar-refractivity contribution is 7.98. The number of hydrogen-bond acceptors (Lipinski definition) is 4. The van der Waals surface area contributed by atoms with Gasteiger partial charge in [-0.2, -0.15) is 11.8 Å². The van der Waals surface area contributed by atoms with Gasteiger partial charge in [0.2, 0.25) is 11.8 Å². The lowest BCUT2D eigenvalue weighted by molar-refractivity contribution is -0.129. The Morgan fingerprint density at radius 2 is 2.00 bits per heavy atom. The van der Waals surface area contributed by atoms with Gasteiger partial charge in [0.1, 0.15) is 11.6 Å². The number of rotatable bonds is 9. The minimum Gasteiger partial charge on any atom is -0.497 e. The zero-order valence-corrected chi connectivity index (χ0v) is 17.2. The molecule has 5 nitrogen and oxygen atoms in total. The van der Waals surface area contributed by atoms with Crippen LogP contribution in [0.4, 0.5) is 4.39 Å². The van der Waals surface area contributed by atoms with E-state index in [1.807, 2.05) is 30.3 Å². The summed E-state index contributed by atoms with van der Waals surface area (Å²) < 4.78 is 18.7. The van der Waals surface area contributed by atoms with Gasteiger partial charge in [-0.25, -0.2) is 4.39 Å². The summed E-state index contributed by atoms with van der Waals surface area (Å²) >= 11 is 1.57. The van der Waals surface area contributed by atoms with Crippen molar-refractivity contribution in [1.29, 1.82) is 0 Å². The lowest BCUT2D eigenvalue weighted by atomic mass is 10.1. The standard InChI is InChI=1S/C22H25FN2O3S/c1-28-19-8-6-16(7-9-19)13-25-14-18(12-21(25)26)22(27)24-10-11-29-15-17-4-2-3-5-20(17)23/h2-9,18H,10-15H2,1H3,(H,24,27). The Labute approximate surface area is 174 Å². The second-order valence-electron chi connectivity index (χ2n) is 6.96. The molecule has 1 unspecified atom stereocenters. The monoisotopic (exact) mass is 416 g/mol. The molecule has 1 aliphatic heterocycles. The van der Waals surface area contributed by atoms with Crippen LogP contribution in [0.1, 0.15) is 17.5 Å². The fourth-order valence-electron chi connectivity index (χ4n) is 3.24. The quantitative estimate of drug-likeness (QED) is 0.638. The van der Waals surface area contributed by atoms with Gasteiger partial charge in [-0.05, 0) is 29.3 Å². The molecule has 1 N–H and O–H groups in total. The predicted molar refractivity (Wildman–Crippen MR) is 112 cm³/mol. The molecule has 1 fully saturated rings. The van der Waals surface area contributed by atoms with Crippen LogP contribution in [0.2, 0.25) is 0 Å². The molecule has 3 rings (SSSR count). The van der Waals surface area contributed by atoms with E-state index in [4.69, 9.17) is 4.74 Å². The molecular weight excluding hydrogens is 391 g/mol. The van der Waals surface area contributed by atoms with Crippen molar-refractivity contribution >= 4 is 23.6 Å². The molecule has 1 heterocycles. The van der Waals surface area contributed by atoms with Gasteiger partial charge in [0.05, 0.1) is 13.0 Å². The summed E-state index contributed by atoms with van der Waals surface area (Å²) in [5.74, 6) is 1.41. The number of thioether (sulfide) groups is 1. The fraction of sp³-hybridized carbons (Fsp3) is 0.364. The number of carbonyl (C=O) groups excluding carboxylic acids is 2. The van der Waals surface area contributed by atoms with Gasteiger partial charge in [0.25, 0.3) is 0 Å². The van der Waals surface area contributed by atoms with Crippen molar-refractivity contribution in [2.45, 2.75) is 18.7 Å². The van der Waals surface area contributed by atoms with E-state index in [1.165, 1.54) is 6.07 Å². The molecule has 1 aliphatic rings. The summed E-state index contributed by atoms with van der Waals surface area (Å²) in [5, 5.41) is 2.90. The van der Waals surface area contributed by atoms with Crippen molar-refractivity contribution in [3.05, 3.63) is 65.5 Å². The summed E-state index contributed by atoms with van der Waals surface area (Å²) in [6.45, 7) is 1.42. The van der Waals surface area contributed by atoms with Crippen LogP contribution >= 0.6 is 11.8 Å². The molecule has 0 aliphatic carbocycles. The highest BCUT2D eigenvalue weighted by Gasteiger charge is 2.33. The van der Waals surface area contributed by atoms with E-state index in [0.29, 0.717) is 36.7 Å². The van der Waals surface area contributed by atoms with Crippen molar-refractivity contribution in [3.8, 4) is 5.75 Å². The average Bonchev–Trinajstić information content (AvgIpc) is 3.10. The van der Waals surface area contributed by atoms with Gasteiger partial charge < -0.3 is 15.0 Å². The second kappa shape index (κ2) is 10.3. The number of likely N-dealkylation sites (tertiary alicyclic amines) is 1. The van der Waals surface area contributed by atoms with Gasteiger partial charge in [-0.15, -0.1) is 0 Å². The number of hydrogen-bond donors (Lipinski definition) is 1. The number of amides is 2. The maximum atomic E-state index is 13.6. The largest absolute Gasteiger partial charge is 0.497 e. The highest BCUT2D eigenvalue weighted by Crippen LogP contribution is 2.21. The lowest BCUT2D eigenvalue weighted by Crippen LogP contribution is -2.34. The van der Waals surface area contributed by atoms with E-state index in [1.54, 1.807) is 35.9 Å². The molecule has 0 aromatic heterocycles. The van der Waals surface area contributed by atoms with Crippen LogP contribution in [0.15, 0.2) is 48.5 Å². The molecule has 2 amide bonds. The Hall–Kier alpha value is -2.54. The predicted octanol–water partition coefficient (Wildman–Crippen LogP) is 3.23. The van der Waals surface area contributed by atoms with Crippen LogP contribution in [0.25, 0.3) is 0 Å². The molecule has 1 saturated heterocycles. The van der Waals surface area contributed by atoms with Gasteiger partial charge in [-0.1, -0.05) is 30.3 Å². The molecule has 2 aromatic carbocycles. The van der Waals surface area contributed by atoms with Crippen LogP contribution in [0.3, 0.4) is 0 Å². The van der Waals surface area contributed by atoms with E-state index in [2.05, 4.69) is 5.32 Å². The summed E-state index contributed by atoms with van der Waals surface area (Å²) in [4.78, 5) is 26.4. The Balaban J connectivity index is 1.38. The number of nitrogens with one attached hydrogen (secondary N) is 1. The Morgan fingerprint density at radius 3 is 2.72 bits per heavy atom. The van der Waals surface area contributed by atoms with Crippen LogP contribution in [-0.2, 0) is 21.9 Å². The van der Waals surface area contributed by atoms with E-state index < -0.39 is 0 Å². The first-order valence-corrected chi connectivity index (χ1v) is 10.7. The van der Waals surface area contributed by atoms with E-state index >= 15 is 0 Å². The van der Waals surface area contributed by atoms with Gasteiger partial charge in [0, 0.05) is 37.6 Å². The SMILES string of the molecule is COc1ccc(CN2CC(C(=O)NCCSCc3ccccc3F)CC2=O)cc1. The number of nitrogens with zero attached hydrogens (tertiary/aromatic N) is 1. The van der Waals surface area contributed by atoms with Crippen LogP contribution < -0.4 is 10.1 Å². The molecule has 0 radical (unpaired) electrons. The molecule has 154 valence electrons. The van der Waals surface area contributed by atoms with Crippen LogP contribution in [-0.4, -0.2) is 42.7 Å². The van der Waals surface area contributed by atoms with Crippen molar-refractivity contribution in [2.75, 3.05) is 26.0 Å². The zero-order valence-electron chi connectivity index (χ0n) is 16.4. The Bertz CT molecular complexity index is 844. The first-order valence-electron chi connectivity index (χ1n) is 9.56. The highest BCUT2D eigenvalue weighted by atomic mass is 32.2. The van der Waals surface area contributed by atoms with Crippen molar-refractivity contribution in [3.63, 3.8) is 0 Å². The summed E-state index contributed by atoms with van der Waals surface area (Å²) in [6.07, 6.45) is 0.240. The minimum absolute atomic E-state index is 0.00473. The number of ether oxygens (including phenoxy) is 1. The summed E-state index contributed by atoms with van der Waals surface area (Å²) in [6, 6.07) is 14.3. The van der Waals surface area contributed by atoms with Gasteiger partial charge in [-0.3, -0.25) is 9.59 Å². The lowest BCUT2D eigenvalue weighted by Gasteiger charge is -2.17. The van der Waals surface area contributed by atoms with Crippen molar-refractivity contribution < 1.29 is 18.7 Å². The number of halogens is 1. The third kappa shape index (κ3) is 5.97. The van der Waals surface area contributed by atoms with Crippen molar-refractivity contribution in [2.24, 2.45) is 5.92 Å². The molecular formula is C22H25FN2O3S. The normalized spacial score (nSPS) is 16.1. The second-order valence-corrected chi connectivity index (χ2v) is 8.06. The van der Waals surface area contributed by atoms with E-state index in [9.17, 15) is 14.0 Å². The first kappa shape index (κ1) is 21.2. The third-order valence-electron chi connectivity index (χ3n) is 4.88. The van der Waals surface area contributed by atoms with Crippen molar-refractivity contribution in [1.82, 2.24) is 10.2 Å². The number of methoxy groups -OCH3 is 1. The molecule has 0 spiro atoms. The average molecular weight is 417 g/mol. The molecule has 1 atom stereocenters. The number of carbonyl (C=O) groups is 2. The molecule has 2 aromatic rings. The zero-order chi connectivity index (χ0) is 20.6. The third-order valence-corrected chi connectivity index (χ3v) is 5.89. The summed E-state index contributed by atoms with van der Waals surface area (Å²) in [7, 11) is 1.61. The topological polar surface area (TPSA) is 58.6 Å². The molecule has 0 bridgehead atoms. The molecule has 29 heavy (non-hydrogen) atoms. The van der Waals surface area contributed by atoms with Gasteiger partial charge >= 0.3 is 0 Å². The number of benzene rings is 2. The smallest absolute Gasteiger partial charge is 0.225 e.